The van der Waals surface area contributed by atoms with E-state index in [4.69, 9.17) is 11.5 Å². The number of likely N-dealkylation sites (N-methyl/N-ethyl adjacent to an activating group) is 1. The molecule has 0 radical (unpaired) electrons. The number of carbonyl (C=O) groups is 2. The second-order valence-electron chi connectivity index (χ2n) is 5.44. The van der Waals surface area contributed by atoms with Crippen LogP contribution in [0.1, 0.15) is 24.2 Å². The van der Waals surface area contributed by atoms with Gasteiger partial charge in [0.1, 0.15) is 11.4 Å². The summed E-state index contributed by atoms with van der Waals surface area (Å²) in [4.78, 5) is 31.5. The molecule has 1 aromatic heterocycles. The minimum Gasteiger partial charge on any atom is -0.397 e. The lowest BCUT2D eigenvalue weighted by atomic mass is 9.97. The zero-order chi connectivity index (χ0) is 15.1. The second-order valence-corrected chi connectivity index (χ2v) is 5.44. The number of amides is 2. The van der Waals surface area contributed by atoms with Crippen LogP contribution in [-0.4, -0.2) is 47.4 Å². The minimum atomic E-state index is -0.791. The van der Waals surface area contributed by atoms with Crippen molar-refractivity contribution in [1.82, 2.24) is 9.88 Å². The van der Waals surface area contributed by atoms with Gasteiger partial charge in [-0.2, -0.15) is 0 Å². The van der Waals surface area contributed by atoms with Gasteiger partial charge in [0.25, 0.3) is 5.91 Å². The van der Waals surface area contributed by atoms with Crippen molar-refractivity contribution in [2.24, 2.45) is 5.73 Å². The fourth-order valence-electron chi connectivity index (χ4n) is 2.45. The fraction of sp³-hybridized carbons (Fsp3) is 0.462. The number of anilines is 2. The first-order valence-electron chi connectivity index (χ1n) is 6.33. The molecule has 1 aliphatic rings. The molecular formula is C13H19N5O2. The van der Waals surface area contributed by atoms with Crippen molar-refractivity contribution in [2.75, 3.05) is 30.8 Å². The van der Waals surface area contributed by atoms with Crippen molar-refractivity contribution in [1.29, 1.82) is 0 Å². The summed E-state index contributed by atoms with van der Waals surface area (Å²) in [5.41, 5.74) is 10.8. The van der Waals surface area contributed by atoms with E-state index in [0.717, 1.165) is 0 Å². The monoisotopic (exact) mass is 277 g/mol. The molecule has 0 atom stereocenters. The molecule has 0 spiro atoms. The van der Waals surface area contributed by atoms with Gasteiger partial charge in [-0.15, -0.1) is 0 Å². The van der Waals surface area contributed by atoms with Gasteiger partial charge in [0.05, 0.1) is 17.4 Å². The van der Waals surface area contributed by atoms with Crippen molar-refractivity contribution < 1.29 is 9.59 Å². The summed E-state index contributed by atoms with van der Waals surface area (Å²) in [6.07, 6.45) is 1.46. The van der Waals surface area contributed by atoms with Gasteiger partial charge >= 0.3 is 0 Å². The van der Waals surface area contributed by atoms with Crippen LogP contribution in [0, 0.1) is 0 Å². The van der Waals surface area contributed by atoms with Gasteiger partial charge in [-0.3, -0.25) is 9.59 Å². The van der Waals surface area contributed by atoms with E-state index in [0.29, 0.717) is 24.6 Å². The van der Waals surface area contributed by atoms with E-state index >= 15 is 0 Å². The van der Waals surface area contributed by atoms with Crippen LogP contribution in [0.25, 0.3) is 0 Å². The summed E-state index contributed by atoms with van der Waals surface area (Å²) in [6.45, 7) is 4.74. The third-order valence-corrected chi connectivity index (χ3v) is 3.61. The quantitative estimate of drug-likeness (QED) is 0.780. The highest BCUT2D eigenvalue weighted by molar-refractivity contribution is 6.00. The van der Waals surface area contributed by atoms with Crippen molar-refractivity contribution in [3.05, 3.63) is 17.8 Å². The van der Waals surface area contributed by atoms with Gasteiger partial charge in [-0.25, -0.2) is 4.98 Å². The lowest BCUT2D eigenvalue weighted by Gasteiger charge is -2.45. The molecule has 2 amide bonds. The van der Waals surface area contributed by atoms with E-state index in [1.807, 2.05) is 0 Å². The summed E-state index contributed by atoms with van der Waals surface area (Å²) in [5.74, 6) is -0.238. The van der Waals surface area contributed by atoms with E-state index in [1.54, 1.807) is 30.7 Å². The second kappa shape index (κ2) is 4.66. The number of nitrogens with zero attached hydrogens (tertiary/aromatic N) is 3. The molecule has 1 aliphatic heterocycles. The molecular weight excluding hydrogens is 258 g/mol. The number of pyridine rings is 1. The van der Waals surface area contributed by atoms with Gasteiger partial charge in [0.2, 0.25) is 5.91 Å². The molecule has 7 nitrogen and oxygen atoms in total. The first kappa shape index (κ1) is 14.1. The highest BCUT2D eigenvalue weighted by Crippen LogP contribution is 2.30. The molecule has 0 unspecified atom stereocenters. The molecule has 7 heteroatoms. The Morgan fingerprint density at radius 2 is 2.05 bits per heavy atom. The fourth-order valence-corrected chi connectivity index (χ4v) is 2.45. The number of nitrogens with two attached hydrogens (primary N) is 2. The first-order valence-corrected chi connectivity index (χ1v) is 6.33. The van der Waals surface area contributed by atoms with Crippen LogP contribution < -0.4 is 16.4 Å². The number of piperazine rings is 1. The lowest BCUT2D eigenvalue weighted by Crippen LogP contribution is -2.62. The standard InChI is InChI=1S/C13H19N5O2/c1-13(2)12(20)17(3)4-5-18(13)11-9(10(15)19)6-8(14)7-16-11/h6-7H,4-5,14H2,1-3H3,(H2,15,19). The molecule has 2 rings (SSSR count). The average molecular weight is 277 g/mol. The topological polar surface area (TPSA) is 106 Å². The van der Waals surface area contributed by atoms with Crippen molar-refractivity contribution >= 4 is 23.3 Å². The lowest BCUT2D eigenvalue weighted by molar-refractivity contribution is -0.136. The van der Waals surface area contributed by atoms with Gasteiger partial charge < -0.3 is 21.3 Å². The smallest absolute Gasteiger partial charge is 0.252 e. The number of carbonyl (C=O) groups excluding carboxylic acids is 2. The molecule has 108 valence electrons. The Hall–Kier alpha value is -2.31. The summed E-state index contributed by atoms with van der Waals surface area (Å²) < 4.78 is 0. The van der Waals surface area contributed by atoms with Crippen LogP contribution in [-0.2, 0) is 4.79 Å². The molecule has 4 N–H and O–H groups in total. The maximum atomic E-state index is 12.3. The number of nitrogen functional groups attached to an aromatic ring is 1. The Kier molecular flexibility index (Phi) is 3.29. The normalized spacial score (nSPS) is 18.2. The predicted molar refractivity (Wildman–Crippen MR) is 76.2 cm³/mol. The molecule has 0 saturated carbocycles. The van der Waals surface area contributed by atoms with Crippen LogP contribution >= 0.6 is 0 Å². The Balaban J connectivity index is 2.51. The van der Waals surface area contributed by atoms with E-state index in [9.17, 15) is 9.59 Å². The van der Waals surface area contributed by atoms with Gasteiger partial charge in [-0.05, 0) is 19.9 Å². The maximum absolute atomic E-state index is 12.3. The SMILES string of the molecule is CN1CCN(c2ncc(N)cc2C(N)=O)C(C)(C)C1=O. The highest BCUT2D eigenvalue weighted by Gasteiger charge is 2.42. The van der Waals surface area contributed by atoms with E-state index < -0.39 is 11.4 Å². The molecule has 1 aromatic rings. The van der Waals surface area contributed by atoms with Gasteiger partial charge in [0.15, 0.2) is 0 Å². The molecule has 0 aromatic carbocycles. The van der Waals surface area contributed by atoms with E-state index in [-0.39, 0.29) is 11.5 Å². The minimum absolute atomic E-state index is 0.0298. The van der Waals surface area contributed by atoms with E-state index in [1.165, 1.54) is 12.3 Å². The largest absolute Gasteiger partial charge is 0.397 e. The summed E-state index contributed by atoms with van der Waals surface area (Å²) in [6, 6.07) is 1.49. The predicted octanol–water partition coefficient (Wildman–Crippen LogP) is -0.180. The molecule has 1 fully saturated rings. The van der Waals surface area contributed by atoms with Crippen LogP contribution in [0.2, 0.25) is 0 Å². The van der Waals surface area contributed by atoms with Gasteiger partial charge in [0, 0.05) is 20.1 Å². The Bertz CT molecular complexity index is 570. The Morgan fingerprint density at radius 1 is 1.40 bits per heavy atom. The van der Waals surface area contributed by atoms with E-state index in [2.05, 4.69) is 4.98 Å². The van der Waals surface area contributed by atoms with Crippen LogP contribution in [0.4, 0.5) is 11.5 Å². The maximum Gasteiger partial charge on any atom is 0.252 e. The number of hydrogen-bond donors (Lipinski definition) is 2. The molecule has 1 saturated heterocycles. The average Bonchev–Trinajstić information content (AvgIpc) is 2.37. The third kappa shape index (κ3) is 2.15. The molecule has 0 aliphatic carbocycles. The van der Waals surface area contributed by atoms with Crippen LogP contribution in [0.15, 0.2) is 12.3 Å². The molecule has 2 heterocycles. The third-order valence-electron chi connectivity index (χ3n) is 3.61. The summed E-state index contributed by atoms with van der Waals surface area (Å²) in [7, 11) is 1.76. The van der Waals surface area contributed by atoms with Crippen molar-refractivity contribution in [3.8, 4) is 0 Å². The summed E-state index contributed by atoms with van der Waals surface area (Å²) in [5, 5.41) is 0. The first-order chi connectivity index (χ1) is 9.25. The van der Waals surface area contributed by atoms with Crippen molar-refractivity contribution in [3.63, 3.8) is 0 Å². The van der Waals surface area contributed by atoms with Gasteiger partial charge in [-0.1, -0.05) is 0 Å². The zero-order valence-corrected chi connectivity index (χ0v) is 11.9. The summed E-state index contributed by atoms with van der Waals surface area (Å²) >= 11 is 0. The van der Waals surface area contributed by atoms with Crippen LogP contribution in [0.5, 0.6) is 0 Å². The molecule has 0 bridgehead atoms. The Morgan fingerprint density at radius 3 is 2.65 bits per heavy atom. The number of rotatable bonds is 2. The zero-order valence-electron chi connectivity index (χ0n) is 11.9. The number of hydrogen-bond acceptors (Lipinski definition) is 5. The Labute approximate surface area is 117 Å². The van der Waals surface area contributed by atoms with Crippen molar-refractivity contribution in [2.45, 2.75) is 19.4 Å². The number of primary amides is 1. The molecule has 20 heavy (non-hydrogen) atoms. The number of aromatic nitrogens is 1. The van der Waals surface area contributed by atoms with Crippen LogP contribution in [0.3, 0.4) is 0 Å². The highest BCUT2D eigenvalue weighted by atomic mass is 16.2.